The molecule has 1 heterocycles. The van der Waals surface area contributed by atoms with E-state index in [1.807, 2.05) is 56.3 Å². The predicted octanol–water partition coefficient (Wildman–Crippen LogP) is 5.09. The second kappa shape index (κ2) is 9.56. The summed E-state index contributed by atoms with van der Waals surface area (Å²) < 4.78 is 0.916. The molecule has 0 radical (unpaired) electrons. The van der Waals surface area contributed by atoms with Crippen LogP contribution in [0, 0.1) is 13.8 Å². The lowest BCUT2D eigenvalue weighted by Crippen LogP contribution is -2.38. The summed E-state index contributed by atoms with van der Waals surface area (Å²) in [6, 6.07) is 13.5. The van der Waals surface area contributed by atoms with E-state index in [2.05, 4.69) is 26.6 Å². The number of aryl methyl sites for hydroxylation is 1. The van der Waals surface area contributed by atoms with Gasteiger partial charge in [-0.3, -0.25) is 14.5 Å². The van der Waals surface area contributed by atoms with Crippen LogP contribution in [0.1, 0.15) is 16.7 Å². The minimum atomic E-state index is -0.282. The number of imide groups is 1. The van der Waals surface area contributed by atoms with Gasteiger partial charge in [0.2, 0.25) is 0 Å². The van der Waals surface area contributed by atoms with Gasteiger partial charge in [0.1, 0.15) is 0 Å². The Balaban J connectivity index is 1.55. The number of halogens is 1. The van der Waals surface area contributed by atoms with Crippen molar-refractivity contribution in [3.63, 3.8) is 0 Å². The minimum Gasteiger partial charge on any atom is -0.361 e. The summed E-state index contributed by atoms with van der Waals surface area (Å²) in [5, 5.41) is 6.40. The van der Waals surface area contributed by atoms with Crippen LogP contribution in [0.25, 0.3) is 6.08 Å². The number of thioether (sulfide) groups is 1. The molecule has 0 atom stereocenters. The van der Waals surface area contributed by atoms with Gasteiger partial charge in [0.25, 0.3) is 11.1 Å². The van der Waals surface area contributed by atoms with Gasteiger partial charge in [-0.05, 0) is 78.8 Å². The standard InChI is InChI=1S/C21H20BrN3O2S2/c1-13-5-3-8-17(14(13)2)24-20(28)23-9-10-25-19(26)18(29-21(25)27)12-15-6-4-7-16(22)11-15/h3-8,11-12H,9-10H2,1-2H3,(H2,23,24,28)/b18-12+. The fraction of sp³-hybridized carbons (Fsp3) is 0.190. The summed E-state index contributed by atoms with van der Waals surface area (Å²) in [5.41, 5.74) is 4.10. The van der Waals surface area contributed by atoms with Crippen molar-refractivity contribution in [1.29, 1.82) is 0 Å². The molecule has 0 aromatic heterocycles. The van der Waals surface area contributed by atoms with Crippen LogP contribution in [0.2, 0.25) is 0 Å². The Morgan fingerprint density at radius 2 is 1.97 bits per heavy atom. The SMILES string of the molecule is Cc1cccc(NC(=S)NCCN2C(=O)S/C(=C/c3cccc(Br)c3)C2=O)c1C. The van der Waals surface area contributed by atoms with Gasteiger partial charge in [0.05, 0.1) is 4.91 Å². The fourth-order valence-corrected chi connectivity index (χ4v) is 4.27. The number of anilines is 1. The molecule has 8 heteroatoms. The van der Waals surface area contributed by atoms with Crippen molar-refractivity contribution in [3.8, 4) is 0 Å². The second-order valence-electron chi connectivity index (χ2n) is 6.52. The van der Waals surface area contributed by atoms with Gasteiger partial charge in [0, 0.05) is 23.2 Å². The van der Waals surface area contributed by atoms with Crippen molar-refractivity contribution in [2.45, 2.75) is 13.8 Å². The van der Waals surface area contributed by atoms with Crippen LogP contribution < -0.4 is 10.6 Å². The third kappa shape index (κ3) is 5.46. The van der Waals surface area contributed by atoms with Gasteiger partial charge in [-0.1, -0.05) is 40.2 Å². The molecule has 2 N–H and O–H groups in total. The third-order valence-electron chi connectivity index (χ3n) is 4.49. The highest BCUT2D eigenvalue weighted by atomic mass is 79.9. The number of benzene rings is 2. The van der Waals surface area contributed by atoms with Crippen molar-refractivity contribution in [2.75, 3.05) is 18.4 Å². The lowest BCUT2D eigenvalue weighted by molar-refractivity contribution is -0.122. The maximum Gasteiger partial charge on any atom is 0.293 e. The molecule has 1 aliphatic heterocycles. The number of nitrogens with zero attached hydrogens (tertiary/aromatic N) is 1. The largest absolute Gasteiger partial charge is 0.361 e. The molecular formula is C21H20BrN3O2S2. The second-order valence-corrected chi connectivity index (χ2v) is 8.83. The molecule has 1 fully saturated rings. The first-order valence-electron chi connectivity index (χ1n) is 8.97. The van der Waals surface area contributed by atoms with Gasteiger partial charge < -0.3 is 10.6 Å². The van der Waals surface area contributed by atoms with E-state index in [0.717, 1.165) is 33.0 Å². The molecule has 5 nitrogen and oxygen atoms in total. The summed E-state index contributed by atoms with van der Waals surface area (Å²) in [4.78, 5) is 26.5. The molecule has 150 valence electrons. The Labute approximate surface area is 188 Å². The van der Waals surface area contributed by atoms with Gasteiger partial charge in [-0.25, -0.2) is 0 Å². The summed E-state index contributed by atoms with van der Waals surface area (Å²) >= 11 is 9.69. The zero-order valence-corrected chi connectivity index (χ0v) is 19.2. The first-order chi connectivity index (χ1) is 13.8. The number of carbonyl (C=O) groups is 2. The number of hydrogen-bond acceptors (Lipinski definition) is 4. The zero-order chi connectivity index (χ0) is 21.0. The highest BCUT2D eigenvalue weighted by Crippen LogP contribution is 2.32. The van der Waals surface area contributed by atoms with E-state index in [0.29, 0.717) is 16.6 Å². The topological polar surface area (TPSA) is 61.4 Å². The Morgan fingerprint density at radius 3 is 2.72 bits per heavy atom. The molecule has 29 heavy (non-hydrogen) atoms. The minimum absolute atomic E-state index is 0.245. The number of rotatable bonds is 5. The summed E-state index contributed by atoms with van der Waals surface area (Å²) in [5.74, 6) is -0.282. The average Bonchev–Trinajstić information content (AvgIpc) is 2.93. The smallest absolute Gasteiger partial charge is 0.293 e. The van der Waals surface area contributed by atoms with Crippen molar-refractivity contribution >= 4 is 67.9 Å². The molecule has 1 saturated heterocycles. The van der Waals surface area contributed by atoms with Crippen LogP contribution in [0.4, 0.5) is 10.5 Å². The lowest BCUT2D eigenvalue weighted by Gasteiger charge is -2.16. The van der Waals surface area contributed by atoms with Gasteiger partial charge in [0.15, 0.2) is 5.11 Å². The number of hydrogen-bond donors (Lipinski definition) is 2. The van der Waals surface area contributed by atoms with Crippen LogP contribution >= 0.6 is 39.9 Å². The molecule has 1 aliphatic rings. The van der Waals surface area contributed by atoms with Crippen LogP contribution in [0.3, 0.4) is 0 Å². The Kier molecular flexibility index (Phi) is 7.10. The Hall–Kier alpha value is -2.16. The van der Waals surface area contributed by atoms with Gasteiger partial charge >= 0.3 is 0 Å². The first kappa shape index (κ1) is 21.5. The highest BCUT2D eigenvalue weighted by Gasteiger charge is 2.34. The molecule has 0 spiro atoms. The molecule has 2 amide bonds. The maximum atomic E-state index is 12.6. The first-order valence-corrected chi connectivity index (χ1v) is 11.0. The van der Waals surface area contributed by atoms with E-state index in [1.54, 1.807) is 6.08 Å². The van der Waals surface area contributed by atoms with Crippen molar-refractivity contribution < 1.29 is 9.59 Å². The van der Waals surface area contributed by atoms with E-state index in [4.69, 9.17) is 12.2 Å². The fourth-order valence-electron chi connectivity index (χ4n) is 2.77. The highest BCUT2D eigenvalue weighted by molar-refractivity contribution is 9.10. The number of amides is 2. The van der Waals surface area contributed by atoms with E-state index in [9.17, 15) is 9.59 Å². The number of carbonyl (C=O) groups excluding carboxylic acids is 2. The molecule has 0 unspecified atom stereocenters. The van der Waals surface area contributed by atoms with Crippen molar-refractivity contribution in [3.05, 3.63) is 68.5 Å². The summed E-state index contributed by atoms with van der Waals surface area (Å²) in [6.07, 6.45) is 1.73. The molecule has 0 aliphatic carbocycles. The molecule has 0 saturated carbocycles. The predicted molar refractivity (Wildman–Crippen MR) is 127 cm³/mol. The van der Waals surface area contributed by atoms with E-state index in [1.165, 1.54) is 10.5 Å². The zero-order valence-electron chi connectivity index (χ0n) is 16.0. The Morgan fingerprint density at radius 1 is 1.21 bits per heavy atom. The molecule has 0 bridgehead atoms. The van der Waals surface area contributed by atoms with E-state index >= 15 is 0 Å². The third-order valence-corrected chi connectivity index (χ3v) is 6.14. The molecular weight excluding hydrogens is 470 g/mol. The average molecular weight is 490 g/mol. The van der Waals surface area contributed by atoms with Gasteiger partial charge in [-0.2, -0.15) is 0 Å². The van der Waals surface area contributed by atoms with Crippen LogP contribution in [-0.2, 0) is 4.79 Å². The normalized spacial score (nSPS) is 15.1. The number of thiocarbonyl (C=S) groups is 1. The van der Waals surface area contributed by atoms with Crippen LogP contribution in [0.15, 0.2) is 51.8 Å². The van der Waals surface area contributed by atoms with Crippen molar-refractivity contribution in [2.24, 2.45) is 0 Å². The molecule has 3 rings (SSSR count). The number of nitrogens with one attached hydrogen (secondary N) is 2. The van der Waals surface area contributed by atoms with Crippen LogP contribution in [-0.4, -0.2) is 34.2 Å². The molecule has 2 aromatic carbocycles. The van der Waals surface area contributed by atoms with Crippen LogP contribution in [0.5, 0.6) is 0 Å². The maximum absolute atomic E-state index is 12.6. The quantitative estimate of drug-likeness (QED) is 0.450. The molecule has 2 aromatic rings. The van der Waals surface area contributed by atoms with E-state index < -0.39 is 0 Å². The Bertz CT molecular complexity index is 1010. The van der Waals surface area contributed by atoms with Gasteiger partial charge in [-0.15, -0.1) is 0 Å². The lowest BCUT2D eigenvalue weighted by atomic mass is 10.1. The van der Waals surface area contributed by atoms with E-state index in [-0.39, 0.29) is 17.7 Å². The summed E-state index contributed by atoms with van der Waals surface area (Å²) in [6.45, 7) is 4.69. The van der Waals surface area contributed by atoms with Crippen molar-refractivity contribution in [1.82, 2.24) is 10.2 Å². The summed E-state index contributed by atoms with van der Waals surface area (Å²) in [7, 11) is 0. The monoisotopic (exact) mass is 489 g/mol.